The number of nitrogens with zero attached hydrogens (tertiary/aromatic N) is 5. The molecule has 1 atom stereocenters. The molecule has 1 aromatic carbocycles. The zero-order valence-corrected chi connectivity index (χ0v) is 21.9. The number of aromatic nitrogens is 3. The first-order chi connectivity index (χ1) is 17.6. The smallest absolute Gasteiger partial charge is 0.410 e. The maximum absolute atomic E-state index is 12.7. The molecule has 9 heteroatoms. The van der Waals surface area contributed by atoms with Gasteiger partial charge in [0.15, 0.2) is 0 Å². The number of carbonyl (C=O) groups is 1. The van der Waals surface area contributed by atoms with Gasteiger partial charge in [0.1, 0.15) is 17.2 Å². The lowest BCUT2D eigenvalue weighted by molar-refractivity contribution is 0.0284. The molecule has 0 N–H and O–H groups in total. The standard InChI is InChI=1S/C28H31N5O4/c1-17(2)35-24-18(14-29)13-19(15-30-24)25-31-23(32-37-25)21-7-6-8-22-20(21)9-10-28(22)11-12-33(16-28)26(34)36-27(3,4)5/h6-8,13,15,17H,9-12,16H2,1-5H3. The molecular weight excluding hydrogens is 470 g/mol. The summed E-state index contributed by atoms with van der Waals surface area (Å²) in [6.45, 7) is 10.7. The molecule has 1 amide bonds. The van der Waals surface area contributed by atoms with Crippen molar-refractivity contribution in [3.05, 3.63) is 47.2 Å². The highest BCUT2D eigenvalue weighted by atomic mass is 16.6. The van der Waals surface area contributed by atoms with Crippen LogP contribution in [-0.2, 0) is 16.6 Å². The van der Waals surface area contributed by atoms with Gasteiger partial charge in [-0.05, 0) is 71.1 Å². The Bertz CT molecular complexity index is 1380. The third-order valence-electron chi connectivity index (χ3n) is 6.84. The van der Waals surface area contributed by atoms with Crippen molar-refractivity contribution in [1.82, 2.24) is 20.0 Å². The summed E-state index contributed by atoms with van der Waals surface area (Å²) in [5, 5.41) is 13.8. The number of amides is 1. The van der Waals surface area contributed by atoms with Crippen LogP contribution in [0, 0.1) is 11.3 Å². The lowest BCUT2D eigenvalue weighted by Gasteiger charge is -2.27. The molecule has 0 bridgehead atoms. The Hall–Kier alpha value is -3.93. The molecule has 0 radical (unpaired) electrons. The molecule has 0 saturated carbocycles. The molecule has 3 heterocycles. The number of fused-ring (bicyclic) bond motifs is 2. The quantitative estimate of drug-likeness (QED) is 0.474. The van der Waals surface area contributed by atoms with Gasteiger partial charge in [0.05, 0.1) is 11.7 Å². The van der Waals surface area contributed by atoms with Crippen LogP contribution in [0.2, 0.25) is 0 Å². The number of rotatable bonds is 4. The first kappa shape index (κ1) is 24.8. The van der Waals surface area contributed by atoms with Gasteiger partial charge < -0.3 is 18.9 Å². The number of benzene rings is 1. The van der Waals surface area contributed by atoms with E-state index in [9.17, 15) is 10.1 Å². The second-order valence-corrected chi connectivity index (χ2v) is 11.0. The van der Waals surface area contributed by atoms with E-state index in [1.165, 1.54) is 11.1 Å². The van der Waals surface area contributed by atoms with E-state index < -0.39 is 5.60 Å². The fourth-order valence-electron chi connectivity index (χ4n) is 5.26. The van der Waals surface area contributed by atoms with Crippen molar-refractivity contribution in [3.63, 3.8) is 0 Å². The zero-order valence-electron chi connectivity index (χ0n) is 21.9. The molecule has 1 saturated heterocycles. The normalized spacial score (nSPS) is 18.8. The SMILES string of the molecule is CC(C)Oc1ncc(-c2nc(-c3cccc4c3CCC43CCN(C(=O)OC(C)(C)C)C3)no2)cc1C#N. The van der Waals surface area contributed by atoms with Crippen LogP contribution < -0.4 is 4.74 Å². The number of likely N-dealkylation sites (tertiary alicyclic amines) is 1. The maximum atomic E-state index is 12.7. The third-order valence-corrected chi connectivity index (χ3v) is 6.84. The van der Waals surface area contributed by atoms with Crippen molar-refractivity contribution in [2.24, 2.45) is 0 Å². The molecular formula is C28H31N5O4. The average molecular weight is 502 g/mol. The van der Waals surface area contributed by atoms with Crippen LogP contribution in [0.4, 0.5) is 4.79 Å². The van der Waals surface area contributed by atoms with Gasteiger partial charge in [0, 0.05) is 30.3 Å². The van der Waals surface area contributed by atoms with Gasteiger partial charge in [-0.15, -0.1) is 0 Å². The van der Waals surface area contributed by atoms with Crippen molar-refractivity contribution in [2.45, 2.75) is 71.0 Å². The highest BCUT2D eigenvalue weighted by Gasteiger charge is 2.47. The van der Waals surface area contributed by atoms with Crippen molar-refractivity contribution in [1.29, 1.82) is 5.26 Å². The van der Waals surface area contributed by atoms with Crippen LogP contribution in [0.5, 0.6) is 5.88 Å². The number of hydrogen-bond acceptors (Lipinski definition) is 8. The minimum absolute atomic E-state index is 0.0906. The first-order valence-corrected chi connectivity index (χ1v) is 12.6. The summed E-state index contributed by atoms with van der Waals surface area (Å²) >= 11 is 0. The van der Waals surface area contributed by atoms with Gasteiger partial charge in [-0.1, -0.05) is 23.4 Å². The van der Waals surface area contributed by atoms with Gasteiger partial charge in [-0.25, -0.2) is 9.78 Å². The Kier molecular flexibility index (Phi) is 6.14. The van der Waals surface area contributed by atoms with Gasteiger partial charge in [0.2, 0.25) is 11.7 Å². The molecule has 2 aromatic heterocycles. The Balaban J connectivity index is 1.41. The van der Waals surface area contributed by atoms with Crippen molar-refractivity contribution >= 4 is 6.09 Å². The van der Waals surface area contributed by atoms with Crippen LogP contribution in [0.15, 0.2) is 35.0 Å². The van der Waals surface area contributed by atoms with Crippen molar-refractivity contribution < 1.29 is 18.8 Å². The Morgan fingerprint density at radius 1 is 1.27 bits per heavy atom. The molecule has 1 aliphatic carbocycles. The molecule has 9 nitrogen and oxygen atoms in total. The second kappa shape index (κ2) is 9.18. The fraction of sp³-hybridized carbons (Fsp3) is 0.464. The molecule has 1 fully saturated rings. The second-order valence-electron chi connectivity index (χ2n) is 11.0. The minimum atomic E-state index is -0.519. The molecule has 192 valence electrons. The Morgan fingerprint density at radius 2 is 2.08 bits per heavy atom. The summed E-state index contributed by atoms with van der Waals surface area (Å²) in [6.07, 6.45) is 3.94. The Morgan fingerprint density at radius 3 is 2.81 bits per heavy atom. The minimum Gasteiger partial charge on any atom is -0.474 e. The molecule has 1 spiro atoms. The number of ether oxygens (including phenoxy) is 2. The van der Waals surface area contributed by atoms with Crippen molar-refractivity contribution in [3.8, 4) is 34.8 Å². The predicted molar refractivity (Wildman–Crippen MR) is 136 cm³/mol. The number of pyridine rings is 1. The van der Waals surface area contributed by atoms with Crippen molar-refractivity contribution in [2.75, 3.05) is 13.1 Å². The van der Waals surface area contributed by atoms with Gasteiger partial charge in [-0.3, -0.25) is 0 Å². The number of hydrogen-bond donors (Lipinski definition) is 0. The number of carbonyl (C=O) groups excluding carboxylic acids is 1. The van der Waals surface area contributed by atoms with Crippen LogP contribution in [0.3, 0.4) is 0 Å². The van der Waals surface area contributed by atoms with E-state index in [4.69, 9.17) is 14.0 Å². The van der Waals surface area contributed by atoms with Crippen LogP contribution in [0.1, 0.15) is 64.2 Å². The summed E-state index contributed by atoms with van der Waals surface area (Å²) in [6, 6.07) is 9.94. The molecule has 1 aliphatic heterocycles. The topological polar surface area (TPSA) is 114 Å². The van der Waals surface area contributed by atoms with E-state index in [1.807, 2.05) is 51.7 Å². The summed E-state index contributed by atoms with van der Waals surface area (Å²) in [7, 11) is 0. The molecule has 2 aliphatic rings. The third kappa shape index (κ3) is 4.76. The van der Waals surface area contributed by atoms with E-state index in [-0.39, 0.29) is 29.4 Å². The van der Waals surface area contributed by atoms with E-state index in [0.29, 0.717) is 30.0 Å². The van der Waals surface area contributed by atoms with Crippen LogP contribution >= 0.6 is 0 Å². The molecule has 5 rings (SSSR count). The summed E-state index contributed by atoms with van der Waals surface area (Å²) < 4.78 is 16.8. The maximum Gasteiger partial charge on any atom is 0.410 e. The molecule has 37 heavy (non-hydrogen) atoms. The van der Waals surface area contributed by atoms with E-state index >= 15 is 0 Å². The van der Waals surface area contributed by atoms with E-state index in [2.05, 4.69) is 27.3 Å². The largest absolute Gasteiger partial charge is 0.474 e. The van der Waals surface area contributed by atoms with Gasteiger partial charge >= 0.3 is 6.09 Å². The first-order valence-electron chi connectivity index (χ1n) is 12.6. The summed E-state index contributed by atoms with van der Waals surface area (Å²) in [5.41, 5.74) is 3.61. The lowest BCUT2D eigenvalue weighted by Crippen LogP contribution is -2.37. The van der Waals surface area contributed by atoms with Gasteiger partial charge in [0.25, 0.3) is 5.89 Å². The van der Waals surface area contributed by atoms with Crippen LogP contribution in [0.25, 0.3) is 22.8 Å². The molecule has 1 unspecified atom stereocenters. The predicted octanol–water partition coefficient (Wildman–Crippen LogP) is 5.28. The average Bonchev–Trinajstić information content (AvgIpc) is 3.58. The summed E-state index contributed by atoms with van der Waals surface area (Å²) in [4.78, 5) is 23.4. The fourth-order valence-corrected chi connectivity index (χ4v) is 5.26. The monoisotopic (exact) mass is 501 g/mol. The highest BCUT2D eigenvalue weighted by molar-refractivity contribution is 5.71. The lowest BCUT2D eigenvalue weighted by atomic mass is 9.81. The van der Waals surface area contributed by atoms with E-state index in [1.54, 1.807) is 12.3 Å². The highest BCUT2D eigenvalue weighted by Crippen LogP contribution is 2.48. The van der Waals surface area contributed by atoms with E-state index in [0.717, 1.165) is 24.8 Å². The number of nitriles is 1. The Labute approximate surface area is 216 Å². The zero-order chi connectivity index (χ0) is 26.4. The molecule has 3 aromatic rings. The van der Waals surface area contributed by atoms with Crippen LogP contribution in [-0.4, -0.2) is 50.9 Å². The van der Waals surface area contributed by atoms with Gasteiger partial charge in [-0.2, -0.15) is 10.2 Å². The summed E-state index contributed by atoms with van der Waals surface area (Å²) in [5.74, 6) is 1.06.